The average molecular weight is 570 g/mol. The summed E-state index contributed by atoms with van der Waals surface area (Å²) in [5.41, 5.74) is -1.07. The van der Waals surface area contributed by atoms with Crippen molar-refractivity contribution in [3.05, 3.63) is 25.3 Å². The van der Waals surface area contributed by atoms with E-state index in [0.29, 0.717) is 45.3 Å². The molecule has 9 heteroatoms. The third-order valence-corrected chi connectivity index (χ3v) is 8.46. The number of aliphatic hydroxyl groups is 1. The molecule has 3 saturated heterocycles. The lowest BCUT2D eigenvalue weighted by molar-refractivity contribution is -0.155. The third kappa shape index (κ3) is 5.58. The number of halogens is 1. The largest absolute Gasteiger partial charge is 0.465 e. The minimum Gasteiger partial charge on any atom is -0.465 e. The quantitative estimate of drug-likeness (QED) is 0.133. The second-order valence-electron chi connectivity index (χ2n) is 10.0. The fourth-order valence-electron chi connectivity index (χ4n) is 6.00. The first-order chi connectivity index (χ1) is 17.4. The zero-order chi connectivity index (χ0) is 26.3. The Labute approximate surface area is 223 Å². The summed E-state index contributed by atoms with van der Waals surface area (Å²) in [6.45, 7) is 11.2. The minimum absolute atomic E-state index is 0.0854. The third-order valence-electron chi connectivity index (χ3n) is 7.61. The molecule has 1 N–H and O–H groups in total. The van der Waals surface area contributed by atoms with Crippen LogP contribution in [0.25, 0.3) is 0 Å². The van der Waals surface area contributed by atoms with E-state index >= 15 is 0 Å². The Morgan fingerprint density at radius 3 is 2.69 bits per heavy atom. The molecule has 0 saturated carbocycles. The summed E-state index contributed by atoms with van der Waals surface area (Å²) >= 11 is 3.68. The Hall–Kier alpha value is -1.71. The number of alkyl halides is 1. The number of hydrogen-bond acceptors (Lipinski definition) is 6. The summed E-state index contributed by atoms with van der Waals surface area (Å²) in [4.78, 5) is 44.5. The van der Waals surface area contributed by atoms with E-state index in [1.807, 2.05) is 0 Å². The van der Waals surface area contributed by atoms with E-state index in [-0.39, 0.29) is 29.9 Å². The van der Waals surface area contributed by atoms with Crippen molar-refractivity contribution < 1.29 is 29.0 Å². The van der Waals surface area contributed by atoms with Gasteiger partial charge in [-0.05, 0) is 38.5 Å². The molecule has 3 aliphatic rings. The molecule has 2 amide bonds. The number of rotatable bonds is 16. The predicted octanol–water partition coefficient (Wildman–Crippen LogP) is 3.22. The number of carbonyl (C=O) groups excluding carboxylic acids is 3. The number of fused-ring (bicyclic) bond motifs is 1. The van der Waals surface area contributed by atoms with Crippen molar-refractivity contribution in [1.29, 1.82) is 0 Å². The van der Waals surface area contributed by atoms with Crippen LogP contribution in [0, 0.1) is 11.8 Å². The Kier molecular flexibility index (Phi) is 10.6. The van der Waals surface area contributed by atoms with Crippen molar-refractivity contribution in [3.8, 4) is 0 Å². The van der Waals surface area contributed by atoms with Crippen molar-refractivity contribution in [2.45, 2.75) is 80.9 Å². The highest BCUT2D eigenvalue weighted by Crippen LogP contribution is 2.60. The van der Waals surface area contributed by atoms with Gasteiger partial charge in [0.1, 0.15) is 11.6 Å². The van der Waals surface area contributed by atoms with Crippen LogP contribution in [0.1, 0.15) is 58.3 Å². The van der Waals surface area contributed by atoms with E-state index in [1.54, 1.807) is 22.0 Å². The number of carbonyl (C=O) groups is 3. The molecule has 3 aliphatic heterocycles. The molecule has 8 nitrogen and oxygen atoms in total. The van der Waals surface area contributed by atoms with E-state index < -0.39 is 35.6 Å². The summed E-state index contributed by atoms with van der Waals surface area (Å²) in [5, 5.41) is 9.18. The van der Waals surface area contributed by atoms with Gasteiger partial charge in [-0.15, -0.1) is 13.2 Å². The molecule has 3 heterocycles. The zero-order valence-corrected chi connectivity index (χ0v) is 23.0. The second kappa shape index (κ2) is 13.2. The topological polar surface area (TPSA) is 96.4 Å². The van der Waals surface area contributed by atoms with Crippen LogP contribution >= 0.6 is 15.9 Å². The maximum atomic E-state index is 14.1. The van der Waals surface area contributed by atoms with Crippen molar-refractivity contribution in [2.75, 3.05) is 32.8 Å². The molecule has 36 heavy (non-hydrogen) atoms. The monoisotopic (exact) mass is 568 g/mol. The molecule has 0 aromatic rings. The SMILES string of the molecule is C=CCCOC(=O)[C@H]1[C@@H]2OC3(CC2Br)C(C(=O)N(CC=C)CCCCC)N(CCCCCO)C(=O)[C@H]13. The van der Waals surface area contributed by atoms with Crippen LogP contribution in [0.2, 0.25) is 0 Å². The van der Waals surface area contributed by atoms with Crippen LogP contribution in [0.4, 0.5) is 0 Å². The summed E-state index contributed by atoms with van der Waals surface area (Å²) in [6, 6.07) is -0.804. The molecule has 0 radical (unpaired) electrons. The standard InChI is InChI=1S/C27H41BrN2O6/c1-4-7-10-14-29(13-6-3)25(33)23-27-18-19(28)22(36-27)20(26(34)35-17-8-5-2)21(27)24(32)30(23)15-11-9-12-16-31/h5-6,19-23,31H,2-4,7-18H2,1H3/t19?,20-,21+,22-,23?,27?/m1/s1. The van der Waals surface area contributed by atoms with Crippen LogP contribution in [-0.2, 0) is 23.9 Å². The number of aliphatic hydroxyl groups excluding tert-OH is 1. The number of hydrogen-bond donors (Lipinski definition) is 1. The minimum atomic E-state index is -1.07. The molecule has 0 aromatic carbocycles. The van der Waals surface area contributed by atoms with Crippen molar-refractivity contribution >= 4 is 33.7 Å². The first-order valence-corrected chi connectivity index (χ1v) is 14.2. The molecule has 1 spiro atoms. The van der Waals surface area contributed by atoms with Gasteiger partial charge in [0, 0.05) is 31.1 Å². The molecule has 3 fully saturated rings. The van der Waals surface area contributed by atoms with Gasteiger partial charge in [0.05, 0.1) is 24.5 Å². The first-order valence-electron chi connectivity index (χ1n) is 13.3. The maximum absolute atomic E-state index is 14.1. The van der Waals surface area contributed by atoms with E-state index in [2.05, 4.69) is 36.0 Å². The molecule has 6 atom stereocenters. The lowest BCUT2D eigenvalue weighted by Crippen LogP contribution is -2.57. The predicted molar refractivity (Wildman–Crippen MR) is 140 cm³/mol. The van der Waals surface area contributed by atoms with Crippen LogP contribution in [0.5, 0.6) is 0 Å². The Bertz CT molecular complexity index is 822. The zero-order valence-electron chi connectivity index (χ0n) is 21.4. The van der Waals surface area contributed by atoms with Gasteiger partial charge < -0.3 is 24.4 Å². The van der Waals surface area contributed by atoms with Gasteiger partial charge in [0.2, 0.25) is 11.8 Å². The van der Waals surface area contributed by atoms with E-state index in [1.165, 1.54) is 0 Å². The highest BCUT2D eigenvalue weighted by molar-refractivity contribution is 9.09. The molecular weight excluding hydrogens is 528 g/mol. The molecular formula is C27H41BrN2O6. The summed E-state index contributed by atoms with van der Waals surface area (Å²) < 4.78 is 12.0. The lowest BCUT2D eigenvalue weighted by atomic mass is 9.70. The van der Waals surface area contributed by atoms with Crippen molar-refractivity contribution in [2.24, 2.45) is 11.8 Å². The fraction of sp³-hybridized carbons (Fsp3) is 0.741. The summed E-state index contributed by atoms with van der Waals surface area (Å²) in [5.74, 6) is -2.32. The van der Waals surface area contributed by atoms with Crippen LogP contribution in [-0.4, -0.2) is 88.1 Å². The molecule has 3 rings (SSSR count). The molecule has 202 valence electrons. The van der Waals surface area contributed by atoms with E-state index in [9.17, 15) is 19.5 Å². The number of esters is 1. The molecule has 0 aromatic heterocycles. The van der Waals surface area contributed by atoms with Gasteiger partial charge in [0.25, 0.3) is 0 Å². The highest BCUT2D eigenvalue weighted by Gasteiger charge is 2.77. The van der Waals surface area contributed by atoms with Gasteiger partial charge in [-0.3, -0.25) is 14.4 Å². The van der Waals surface area contributed by atoms with Crippen molar-refractivity contribution in [1.82, 2.24) is 9.80 Å². The number of unbranched alkanes of at least 4 members (excludes halogenated alkanes) is 4. The van der Waals surface area contributed by atoms with Gasteiger partial charge in [-0.2, -0.15) is 0 Å². The van der Waals surface area contributed by atoms with E-state index in [4.69, 9.17) is 9.47 Å². The first kappa shape index (κ1) is 28.9. The maximum Gasteiger partial charge on any atom is 0.312 e. The summed E-state index contributed by atoms with van der Waals surface area (Å²) in [7, 11) is 0. The van der Waals surface area contributed by atoms with Gasteiger partial charge in [-0.25, -0.2) is 0 Å². The summed E-state index contributed by atoms with van der Waals surface area (Å²) in [6.07, 6.45) is 8.81. The number of likely N-dealkylation sites (tertiary alicyclic amines) is 1. The number of amides is 2. The normalized spacial score (nSPS) is 30.4. The fourth-order valence-corrected chi connectivity index (χ4v) is 6.94. The van der Waals surface area contributed by atoms with Gasteiger partial charge in [0.15, 0.2) is 0 Å². The van der Waals surface area contributed by atoms with E-state index in [0.717, 1.165) is 25.7 Å². The van der Waals surface area contributed by atoms with Crippen LogP contribution in [0.15, 0.2) is 25.3 Å². The van der Waals surface area contributed by atoms with Gasteiger partial charge in [-0.1, -0.05) is 47.8 Å². The number of nitrogens with zero attached hydrogens (tertiary/aromatic N) is 2. The smallest absolute Gasteiger partial charge is 0.312 e. The Morgan fingerprint density at radius 2 is 2.03 bits per heavy atom. The Balaban J connectivity index is 1.94. The second-order valence-corrected chi connectivity index (χ2v) is 11.2. The average Bonchev–Trinajstić information content (AvgIpc) is 3.44. The van der Waals surface area contributed by atoms with Crippen molar-refractivity contribution in [3.63, 3.8) is 0 Å². The molecule has 0 aliphatic carbocycles. The van der Waals surface area contributed by atoms with Crippen LogP contribution in [0.3, 0.4) is 0 Å². The Morgan fingerprint density at radius 1 is 1.25 bits per heavy atom. The van der Waals surface area contributed by atoms with Gasteiger partial charge >= 0.3 is 5.97 Å². The van der Waals surface area contributed by atoms with Crippen LogP contribution < -0.4 is 0 Å². The highest BCUT2D eigenvalue weighted by atomic mass is 79.9. The molecule has 2 bridgehead atoms. The number of ether oxygens (including phenoxy) is 2. The lowest BCUT2D eigenvalue weighted by Gasteiger charge is -2.37. The molecule has 3 unspecified atom stereocenters.